The monoisotopic (exact) mass is 1630 g/mol. The van der Waals surface area contributed by atoms with E-state index in [1.54, 1.807) is 29.9 Å². The molecule has 2 aliphatic carbocycles. The van der Waals surface area contributed by atoms with Gasteiger partial charge in [0.25, 0.3) is 0 Å². The smallest absolute Gasteiger partial charge is 0.299 e. The van der Waals surface area contributed by atoms with E-state index < -0.39 is 69.6 Å². The molecule has 0 spiro atoms. The van der Waals surface area contributed by atoms with Crippen molar-refractivity contribution in [3.63, 3.8) is 0 Å². The summed E-state index contributed by atoms with van der Waals surface area (Å²) < 4.78 is 118. The van der Waals surface area contributed by atoms with Crippen LogP contribution in [0.4, 0.5) is 0 Å². The Bertz CT molecular complexity index is 4990. The Labute approximate surface area is 660 Å². The molecule has 0 radical (unpaired) electrons. The van der Waals surface area contributed by atoms with Gasteiger partial charge in [-0.15, -0.1) is 0 Å². The number of unbranched alkanes of at least 4 members (excludes halogenated alkanes) is 5. The highest BCUT2D eigenvalue weighted by atomic mass is 32.2. The average Bonchev–Trinajstić information content (AvgIpc) is 1.55. The first-order chi connectivity index (χ1) is 52.0. The molecule has 5 aromatic rings. The zero-order valence-corrected chi connectivity index (χ0v) is 68.7. The van der Waals surface area contributed by atoms with Gasteiger partial charge in [-0.1, -0.05) is 267 Å². The van der Waals surface area contributed by atoms with Crippen molar-refractivity contribution >= 4 is 113 Å². The molecule has 5 aromatic carbocycles. The maximum Gasteiger partial charge on any atom is 0.358 e. The lowest BCUT2D eigenvalue weighted by molar-refractivity contribution is -0.128. The molecule has 10 unspecified atom stereocenters. The Morgan fingerprint density at radius 3 is 1.12 bits per heavy atom. The molecule has 0 N–H and O–H groups in total. The lowest BCUT2D eigenvalue weighted by Crippen LogP contribution is -2.42. The molecular weight excluding hydrogens is 1540 g/mol. The zero-order chi connectivity index (χ0) is 79.2. The van der Waals surface area contributed by atoms with Crippen LogP contribution in [0.25, 0.3) is 0 Å². The largest absolute Gasteiger partial charge is 0.358 e. The van der Waals surface area contributed by atoms with Gasteiger partial charge in [0.1, 0.15) is 36.6 Å². The van der Waals surface area contributed by atoms with Crippen molar-refractivity contribution in [2.24, 2.45) is 61.0 Å². The minimum atomic E-state index is -4.06. The second-order valence-corrected chi connectivity index (χ2v) is 37.8. The Morgan fingerprint density at radius 2 is 0.789 bits per heavy atom. The van der Waals surface area contributed by atoms with Gasteiger partial charge >= 0.3 is 40.5 Å². The lowest BCUT2D eigenvalue weighted by Gasteiger charge is -2.35. The minimum Gasteiger partial charge on any atom is -0.299 e. The Hall–Kier alpha value is -8.23. The first-order valence-corrected chi connectivity index (χ1v) is 45.4. The SMILES string of the molecule is CCCCCCCCS(=O)(=O)O/N=C1\SC=CC1C(C#N)c1ccccc1C.CCCS(=O)(=O)O/N=C1\SC=CC1C(C#N)c1ccccc1C.Cc1ccc(S(=O)(=O)O/N=C2\SC=CC2C(C#N)c2ccccc2C)cc1.Cc1ccccc1C(C#N)C1C=CS/C1=N\OS(=O)(=O)CC12CCC(CC1=O)C2(C)C. The van der Waals surface area contributed by atoms with Crippen molar-refractivity contribution in [1.82, 2.24) is 0 Å². The van der Waals surface area contributed by atoms with Crippen LogP contribution in [0.15, 0.2) is 193 Å². The van der Waals surface area contributed by atoms with Crippen LogP contribution in [-0.2, 0) is 62.4 Å². The van der Waals surface area contributed by atoms with Crippen molar-refractivity contribution in [2.45, 2.75) is 155 Å². The molecule has 4 aliphatic heterocycles. The van der Waals surface area contributed by atoms with Gasteiger partial charge in [-0.25, -0.2) is 0 Å². The third kappa shape index (κ3) is 22.5. The number of oxime groups is 4. The van der Waals surface area contributed by atoms with Crippen LogP contribution in [0.3, 0.4) is 0 Å². The molecule has 109 heavy (non-hydrogen) atoms. The number of hydrogen-bond donors (Lipinski definition) is 0. The van der Waals surface area contributed by atoms with Crippen LogP contribution in [0.2, 0.25) is 0 Å². The number of nitrogens with zero attached hydrogens (tertiary/aromatic N) is 8. The highest BCUT2D eigenvalue weighted by molar-refractivity contribution is 8.17. The van der Waals surface area contributed by atoms with Crippen molar-refractivity contribution in [1.29, 1.82) is 21.0 Å². The molecule has 2 saturated carbocycles. The van der Waals surface area contributed by atoms with Gasteiger partial charge in [0, 0.05) is 30.1 Å². The number of ketones is 1. The second kappa shape index (κ2) is 39.6. The number of carbonyl (C=O) groups is 1. The number of carbonyl (C=O) groups excluding carboxylic acids is 1. The number of thioether (sulfide) groups is 4. The molecule has 576 valence electrons. The Morgan fingerprint density at radius 1 is 0.450 bits per heavy atom. The summed E-state index contributed by atoms with van der Waals surface area (Å²) in [6, 6.07) is 46.3. The molecule has 0 amide bonds. The lowest BCUT2D eigenvalue weighted by atomic mass is 9.70. The van der Waals surface area contributed by atoms with Crippen LogP contribution in [0, 0.1) is 120 Å². The summed E-state index contributed by atoms with van der Waals surface area (Å²) >= 11 is 5.10. The van der Waals surface area contributed by atoms with Crippen molar-refractivity contribution in [2.75, 3.05) is 17.3 Å². The number of rotatable bonds is 28. The van der Waals surface area contributed by atoms with Gasteiger partial charge in [0.2, 0.25) is 0 Å². The third-order valence-corrected chi connectivity index (χ3v) is 28.2. The van der Waals surface area contributed by atoms with E-state index in [0.29, 0.717) is 45.9 Å². The van der Waals surface area contributed by atoms with Crippen molar-refractivity contribution < 1.29 is 55.6 Å². The molecule has 6 aliphatic rings. The minimum absolute atomic E-state index is 0.0208. The number of Topliss-reactive ketones (excluding diaryl/α,β-unsaturated/α-hetero) is 1. The van der Waals surface area contributed by atoms with Crippen LogP contribution < -0.4 is 0 Å². The molecule has 2 bridgehead atoms. The quantitative estimate of drug-likeness (QED) is 0.0331. The molecule has 0 saturated heterocycles. The van der Waals surface area contributed by atoms with Gasteiger partial charge < -0.3 is 0 Å². The number of allylic oxidation sites excluding steroid dienone is 4. The molecule has 29 heteroatoms. The molecular formula is C80H90N8O13S8. The highest BCUT2D eigenvalue weighted by Gasteiger charge is 2.66. The van der Waals surface area contributed by atoms with E-state index in [4.69, 9.17) is 17.1 Å². The number of aryl methyl sites for hydroxylation is 5. The summed E-state index contributed by atoms with van der Waals surface area (Å²) in [4.78, 5) is 12.7. The van der Waals surface area contributed by atoms with E-state index in [-0.39, 0.29) is 62.9 Å². The van der Waals surface area contributed by atoms with E-state index in [1.807, 2.05) is 181 Å². The third-order valence-electron chi connectivity index (χ3n) is 20.1. The molecule has 10 atom stereocenters. The van der Waals surface area contributed by atoms with Gasteiger partial charge in [-0.3, -0.25) is 21.9 Å². The summed E-state index contributed by atoms with van der Waals surface area (Å²) in [7, 11) is -15.4. The van der Waals surface area contributed by atoms with Gasteiger partial charge in [-0.2, -0.15) is 54.7 Å². The van der Waals surface area contributed by atoms with E-state index >= 15 is 0 Å². The number of benzene rings is 5. The van der Waals surface area contributed by atoms with Gasteiger partial charge in [0.05, 0.1) is 64.9 Å². The van der Waals surface area contributed by atoms with Crippen LogP contribution in [0.1, 0.15) is 166 Å². The average molecular weight is 1630 g/mol. The summed E-state index contributed by atoms with van der Waals surface area (Å²) in [6.45, 7) is 17.6. The summed E-state index contributed by atoms with van der Waals surface area (Å²) in [6.07, 6.45) is 15.8. The predicted octanol–water partition coefficient (Wildman–Crippen LogP) is 18.1. The Balaban J connectivity index is 0.000000184. The molecule has 0 aromatic heterocycles. The summed E-state index contributed by atoms with van der Waals surface area (Å²) in [5.74, 6) is -3.38. The normalized spacial score (nSPS) is 22.7. The summed E-state index contributed by atoms with van der Waals surface area (Å²) in [5, 5.41) is 63.4. The molecule has 21 nitrogen and oxygen atoms in total. The number of fused-ring (bicyclic) bond motifs is 2. The zero-order valence-electron chi connectivity index (χ0n) is 62.2. The predicted molar refractivity (Wildman–Crippen MR) is 435 cm³/mol. The number of nitriles is 4. The van der Waals surface area contributed by atoms with E-state index in [0.717, 1.165) is 82.2 Å². The van der Waals surface area contributed by atoms with E-state index in [1.165, 1.54) is 65.6 Å². The highest BCUT2D eigenvalue weighted by Crippen LogP contribution is 2.64. The van der Waals surface area contributed by atoms with Crippen LogP contribution in [-0.4, -0.2) is 76.9 Å². The summed E-state index contributed by atoms with van der Waals surface area (Å²) in [5.41, 5.74) is 7.33. The van der Waals surface area contributed by atoms with Crippen LogP contribution in [0.5, 0.6) is 0 Å². The first kappa shape index (κ1) is 86.4. The maximum atomic E-state index is 12.9. The van der Waals surface area contributed by atoms with E-state index in [9.17, 15) is 59.5 Å². The topological polar surface area (TPSA) is 335 Å². The Kier molecular flexibility index (Phi) is 31.4. The molecule has 11 rings (SSSR count). The van der Waals surface area contributed by atoms with Crippen molar-refractivity contribution in [3.05, 3.63) is 217 Å². The van der Waals surface area contributed by atoms with E-state index in [2.05, 4.69) is 51.8 Å². The fraction of sp³-hybridized carbons (Fsp3) is 0.412. The van der Waals surface area contributed by atoms with Crippen LogP contribution >= 0.6 is 47.0 Å². The second-order valence-electron chi connectivity index (χ2n) is 27.7. The van der Waals surface area contributed by atoms with Crippen molar-refractivity contribution in [3.8, 4) is 24.3 Å². The maximum absolute atomic E-state index is 12.9. The fourth-order valence-corrected chi connectivity index (χ4v) is 21.2. The fourth-order valence-electron chi connectivity index (χ4n) is 13.8. The standard InChI is InChI=1S/C23H26N2O4S2.C21H28N2O3S2.C20H18N2O3S2.C16H18N2O3S2/c1-15-6-4-5-7-17(15)19(13-24)18-9-11-30-21(18)25-29-31(27,28)14-23-10-8-16(12-20(23)26)22(23,2)3;1-3-4-5-6-7-10-15-28(24,25)26-23-21-19(13-14-27-21)20(16-22)18-12-9-8-11-17(18)2;1-14-7-9-16(10-8-14)27(23,24)25-22-20-18(11-12-26-20)19(13-21)17-6-4-3-5-15(17)2;1-3-10-23(19,20)21-18-16-14(8-9-22-16)15(11-17)13-7-5-4-6-12(13)2/h4-7,9,11,16,18-19H,8,10,12,14H2,1-3H3;8-9,11-14,19-20H,3-7,10,15H2,1-2H3;3-12,18-19H,1-2H3;4-9,14-15H,3,10H2,1-2H3/b25-21-;23-21-;22-20-;18-16-. The van der Waals surface area contributed by atoms with Gasteiger partial charge in [0.15, 0.2) is 0 Å². The first-order valence-electron chi connectivity index (χ1n) is 35.7. The number of hydrogen-bond acceptors (Lipinski definition) is 25. The van der Waals surface area contributed by atoms with Gasteiger partial charge in [-0.05, 0) is 150 Å². The molecule has 4 heterocycles. The molecule has 2 fully saturated rings.